The van der Waals surface area contributed by atoms with Gasteiger partial charge in [0.2, 0.25) is 0 Å². The first kappa shape index (κ1) is 16.3. The second-order valence-electron chi connectivity index (χ2n) is 6.65. The zero-order valence-electron chi connectivity index (χ0n) is 13.6. The maximum absolute atomic E-state index is 2.41. The molecule has 0 saturated carbocycles. The van der Waals surface area contributed by atoms with E-state index in [-0.39, 0.29) is 0 Å². The van der Waals surface area contributed by atoms with E-state index in [0.29, 0.717) is 5.41 Å². The molecule has 0 nitrogen and oxygen atoms in total. The molecule has 2 atom stereocenters. The normalized spacial score (nSPS) is 16.3. The van der Waals surface area contributed by atoms with Crippen LogP contribution in [-0.2, 0) is 5.41 Å². The number of benzene rings is 1. The topological polar surface area (TPSA) is 0 Å². The maximum Gasteiger partial charge on any atom is -0.00470 e. The van der Waals surface area contributed by atoms with Crippen molar-refractivity contribution in [1.82, 2.24) is 0 Å². The molecule has 0 fully saturated rings. The van der Waals surface area contributed by atoms with Gasteiger partial charge in [-0.05, 0) is 42.1 Å². The Morgan fingerprint density at radius 3 is 2.11 bits per heavy atom. The third kappa shape index (κ3) is 4.67. The summed E-state index contributed by atoms with van der Waals surface area (Å²) in [5.74, 6) is 1.61. The van der Waals surface area contributed by atoms with E-state index in [0.717, 1.165) is 11.8 Å². The standard InChI is InChI=1S/C19H32/c1-6-17(5)15-19(7-2,14-13-16(3)4)18-11-9-8-10-12-18/h8-12,16-17H,6-7,13-15H2,1-5H3. The first-order valence-corrected chi connectivity index (χ1v) is 8.09. The van der Waals surface area contributed by atoms with Crippen molar-refractivity contribution in [2.24, 2.45) is 11.8 Å². The zero-order valence-corrected chi connectivity index (χ0v) is 13.6. The summed E-state index contributed by atoms with van der Waals surface area (Å²) in [5, 5.41) is 0. The molecule has 19 heavy (non-hydrogen) atoms. The van der Waals surface area contributed by atoms with Crippen molar-refractivity contribution >= 4 is 0 Å². The molecule has 0 saturated heterocycles. The molecular weight excluding hydrogens is 228 g/mol. The molecule has 0 spiro atoms. The van der Waals surface area contributed by atoms with Crippen LogP contribution in [0.4, 0.5) is 0 Å². The molecule has 0 radical (unpaired) electrons. The highest BCUT2D eigenvalue weighted by Gasteiger charge is 2.31. The summed E-state index contributed by atoms with van der Waals surface area (Å²) in [5.41, 5.74) is 1.94. The van der Waals surface area contributed by atoms with Crippen LogP contribution < -0.4 is 0 Å². The average Bonchev–Trinajstić information content (AvgIpc) is 2.44. The van der Waals surface area contributed by atoms with Crippen molar-refractivity contribution in [2.45, 2.75) is 72.1 Å². The first-order chi connectivity index (χ1) is 9.04. The minimum Gasteiger partial charge on any atom is -0.0651 e. The number of hydrogen-bond acceptors (Lipinski definition) is 0. The largest absolute Gasteiger partial charge is 0.0651 e. The molecule has 108 valence electrons. The molecule has 0 aliphatic rings. The van der Waals surface area contributed by atoms with Crippen molar-refractivity contribution in [3.63, 3.8) is 0 Å². The van der Waals surface area contributed by atoms with Crippen LogP contribution in [-0.4, -0.2) is 0 Å². The molecule has 0 aliphatic heterocycles. The van der Waals surface area contributed by atoms with E-state index in [4.69, 9.17) is 0 Å². The highest BCUT2D eigenvalue weighted by Crippen LogP contribution is 2.40. The Morgan fingerprint density at radius 2 is 1.63 bits per heavy atom. The number of hydrogen-bond donors (Lipinski definition) is 0. The van der Waals surface area contributed by atoms with E-state index in [2.05, 4.69) is 65.0 Å². The predicted octanol–water partition coefficient (Wildman–Crippen LogP) is 6.21. The minimum absolute atomic E-state index is 0.390. The SMILES string of the molecule is CCC(C)CC(CC)(CCC(C)C)c1ccccc1. The van der Waals surface area contributed by atoms with E-state index in [1.165, 1.54) is 32.1 Å². The van der Waals surface area contributed by atoms with E-state index in [1.54, 1.807) is 5.56 Å². The summed E-state index contributed by atoms with van der Waals surface area (Å²) in [6.45, 7) is 11.8. The van der Waals surface area contributed by atoms with Gasteiger partial charge < -0.3 is 0 Å². The maximum atomic E-state index is 2.41. The third-order valence-corrected chi connectivity index (χ3v) is 4.70. The van der Waals surface area contributed by atoms with Gasteiger partial charge in [0, 0.05) is 0 Å². The summed E-state index contributed by atoms with van der Waals surface area (Å²) >= 11 is 0. The van der Waals surface area contributed by atoms with Gasteiger partial charge in [0.15, 0.2) is 0 Å². The molecule has 0 aliphatic carbocycles. The molecule has 1 rings (SSSR count). The van der Waals surface area contributed by atoms with Gasteiger partial charge in [-0.15, -0.1) is 0 Å². The lowest BCUT2D eigenvalue weighted by molar-refractivity contribution is 0.272. The lowest BCUT2D eigenvalue weighted by Gasteiger charge is -2.36. The van der Waals surface area contributed by atoms with Crippen LogP contribution in [0.15, 0.2) is 30.3 Å². The van der Waals surface area contributed by atoms with Crippen molar-refractivity contribution in [3.8, 4) is 0 Å². The van der Waals surface area contributed by atoms with E-state index in [1.807, 2.05) is 0 Å². The zero-order chi connectivity index (χ0) is 14.3. The molecule has 0 bridgehead atoms. The molecule has 1 aromatic carbocycles. The summed E-state index contributed by atoms with van der Waals surface area (Å²) in [6, 6.07) is 11.2. The summed E-state index contributed by atoms with van der Waals surface area (Å²) in [7, 11) is 0. The van der Waals surface area contributed by atoms with E-state index in [9.17, 15) is 0 Å². The molecular formula is C19H32. The van der Waals surface area contributed by atoms with Crippen molar-refractivity contribution < 1.29 is 0 Å². The average molecular weight is 260 g/mol. The Labute approximate surface area is 120 Å². The van der Waals surface area contributed by atoms with Gasteiger partial charge in [-0.3, -0.25) is 0 Å². The van der Waals surface area contributed by atoms with Crippen molar-refractivity contribution in [2.75, 3.05) is 0 Å². The fourth-order valence-corrected chi connectivity index (χ4v) is 3.06. The molecule has 0 heteroatoms. The van der Waals surface area contributed by atoms with Crippen LogP contribution in [0, 0.1) is 11.8 Å². The Bertz CT molecular complexity index is 338. The smallest absolute Gasteiger partial charge is 0.00470 e. The fraction of sp³-hybridized carbons (Fsp3) is 0.684. The first-order valence-electron chi connectivity index (χ1n) is 8.09. The second kappa shape index (κ2) is 7.72. The van der Waals surface area contributed by atoms with Gasteiger partial charge in [-0.1, -0.05) is 77.8 Å². The van der Waals surface area contributed by atoms with Crippen LogP contribution in [0.1, 0.15) is 72.3 Å². The molecule has 0 aromatic heterocycles. The molecule has 0 heterocycles. The van der Waals surface area contributed by atoms with Crippen LogP contribution in [0.25, 0.3) is 0 Å². The lowest BCUT2D eigenvalue weighted by Crippen LogP contribution is -2.28. The summed E-state index contributed by atoms with van der Waals surface area (Å²) < 4.78 is 0. The van der Waals surface area contributed by atoms with Gasteiger partial charge >= 0.3 is 0 Å². The van der Waals surface area contributed by atoms with Crippen LogP contribution in [0.3, 0.4) is 0 Å². The van der Waals surface area contributed by atoms with E-state index < -0.39 is 0 Å². The highest BCUT2D eigenvalue weighted by atomic mass is 14.4. The third-order valence-electron chi connectivity index (χ3n) is 4.70. The highest BCUT2D eigenvalue weighted by molar-refractivity contribution is 5.25. The summed E-state index contributed by atoms with van der Waals surface area (Å²) in [6.07, 6.45) is 6.54. The molecule has 2 unspecified atom stereocenters. The predicted molar refractivity (Wildman–Crippen MR) is 86.6 cm³/mol. The van der Waals surface area contributed by atoms with Crippen molar-refractivity contribution in [1.29, 1.82) is 0 Å². The van der Waals surface area contributed by atoms with Crippen LogP contribution in [0.2, 0.25) is 0 Å². The Balaban J connectivity index is 2.99. The van der Waals surface area contributed by atoms with Crippen molar-refractivity contribution in [3.05, 3.63) is 35.9 Å². The Hall–Kier alpha value is -0.780. The van der Waals surface area contributed by atoms with Gasteiger partial charge in [-0.25, -0.2) is 0 Å². The fourth-order valence-electron chi connectivity index (χ4n) is 3.06. The minimum atomic E-state index is 0.390. The monoisotopic (exact) mass is 260 g/mol. The van der Waals surface area contributed by atoms with Gasteiger partial charge in [0.25, 0.3) is 0 Å². The Kier molecular flexibility index (Phi) is 6.62. The van der Waals surface area contributed by atoms with Gasteiger partial charge in [0.05, 0.1) is 0 Å². The summed E-state index contributed by atoms with van der Waals surface area (Å²) in [4.78, 5) is 0. The Morgan fingerprint density at radius 1 is 1.00 bits per heavy atom. The number of rotatable bonds is 8. The quantitative estimate of drug-likeness (QED) is 0.521. The van der Waals surface area contributed by atoms with Crippen LogP contribution >= 0.6 is 0 Å². The van der Waals surface area contributed by atoms with Crippen LogP contribution in [0.5, 0.6) is 0 Å². The second-order valence-corrected chi connectivity index (χ2v) is 6.65. The molecule has 0 N–H and O–H groups in total. The van der Waals surface area contributed by atoms with Gasteiger partial charge in [0.1, 0.15) is 0 Å². The lowest BCUT2D eigenvalue weighted by atomic mass is 9.68. The molecule has 1 aromatic rings. The van der Waals surface area contributed by atoms with E-state index >= 15 is 0 Å². The molecule has 0 amide bonds. The van der Waals surface area contributed by atoms with Gasteiger partial charge in [-0.2, -0.15) is 0 Å².